The minimum Gasteiger partial charge on any atom is -0.456 e. The van der Waals surface area contributed by atoms with E-state index >= 15 is 0 Å². The van der Waals surface area contributed by atoms with Crippen molar-refractivity contribution in [1.82, 2.24) is 5.32 Å². The van der Waals surface area contributed by atoms with Crippen molar-refractivity contribution >= 4 is 27.5 Å². The molecule has 0 amide bonds. The van der Waals surface area contributed by atoms with Gasteiger partial charge < -0.3 is 10.1 Å². The summed E-state index contributed by atoms with van der Waals surface area (Å²) in [6.45, 7) is 0.885. The Hall–Kier alpha value is -1.03. The Morgan fingerprint density at radius 2 is 2.05 bits per heavy atom. The maximum absolute atomic E-state index is 6.16. The van der Waals surface area contributed by atoms with E-state index in [4.69, 9.17) is 16.3 Å². The molecule has 20 heavy (non-hydrogen) atoms. The molecule has 0 bridgehead atoms. The van der Waals surface area contributed by atoms with Crippen molar-refractivity contribution in [2.24, 2.45) is 0 Å². The predicted octanol–water partition coefficient (Wildman–Crippen LogP) is 5.15. The summed E-state index contributed by atoms with van der Waals surface area (Å²) >= 11 is 9.55. The summed E-state index contributed by atoms with van der Waals surface area (Å²) in [4.78, 5) is 0. The first-order chi connectivity index (χ1) is 9.70. The third kappa shape index (κ3) is 3.75. The molecule has 0 atom stereocenters. The van der Waals surface area contributed by atoms with Crippen LogP contribution < -0.4 is 10.1 Å². The molecule has 1 saturated carbocycles. The van der Waals surface area contributed by atoms with Gasteiger partial charge in [0, 0.05) is 17.1 Å². The fourth-order valence-electron chi connectivity index (χ4n) is 1.95. The number of ether oxygens (including phenoxy) is 1. The van der Waals surface area contributed by atoms with Crippen LogP contribution in [0.2, 0.25) is 5.02 Å². The third-order valence-electron chi connectivity index (χ3n) is 3.19. The van der Waals surface area contributed by atoms with E-state index in [0.29, 0.717) is 16.8 Å². The normalized spacial score (nSPS) is 14.3. The van der Waals surface area contributed by atoms with Gasteiger partial charge in [0.1, 0.15) is 11.5 Å². The molecule has 3 rings (SSSR count). The monoisotopic (exact) mass is 351 g/mol. The molecule has 4 heteroatoms. The van der Waals surface area contributed by atoms with Crippen LogP contribution in [0.5, 0.6) is 11.5 Å². The summed E-state index contributed by atoms with van der Waals surface area (Å²) in [6, 6.07) is 14.4. The zero-order chi connectivity index (χ0) is 13.9. The van der Waals surface area contributed by atoms with Gasteiger partial charge in [-0.1, -0.05) is 39.7 Å². The Morgan fingerprint density at radius 1 is 1.20 bits per heavy atom. The van der Waals surface area contributed by atoms with Gasteiger partial charge in [0.25, 0.3) is 0 Å². The molecule has 0 radical (unpaired) electrons. The molecule has 0 aliphatic heterocycles. The molecule has 1 N–H and O–H groups in total. The maximum Gasteiger partial charge on any atom is 0.146 e. The van der Waals surface area contributed by atoms with Gasteiger partial charge in [-0.2, -0.15) is 0 Å². The summed E-state index contributed by atoms with van der Waals surface area (Å²) in [5, 5.41) is 4.09. The lowest BCUT2D eigenvalue weighted by Gasteiger charge is -2.10. The lowest BCUT2D eigenvalue weighted by atomic mass is 10.2. The molecule has 0 aromatic heterocycles. The number of rotatable bonds is 5. The topological polar surface area (TPSA) is 21.3 Å². The van der Waals surface area contributed by atoms with Crippen molar-refractivity contribution in [3.63, 3.8) is 0 Å². The average Bonchev–Trinajstić information content (AvgIpc) is 3.24. The zero-order valence-electron chi connectivity index (χ0n) is 10.9. The van der Waals surface area contributed by atoms with E-state index in [0.717, 1.165) is 16.8 Å². The number of hydrogen-bond acceptors (Lipinski definition) is 2. The molecule has 1 aliphatic carbocycles. The molecule has 1 aliphatic rings. The van der Waals surface area contributed by atoms with E-state index in [-0.39, 0.29) is 0 Å². The molecule has 1 fully saturated rings. The molecule has 2 aromatic rings. The quantitative estimate of drug-likeness (QED) is 0.804. The fourth-order valence-corrected chi connectivity index (χ4v) is 2.67. The van der Waals surface area contributed by atoms with E-state index in [9.17, 15) is 0 Å². The lowest BCUT2D eigenvalue weighted by molar-refractivity contribution is 0.481. The summed E-state index contributed by atoms with van der Waals surface area (Å²) in [7, 11) is 0. The highest BCUT2D eigenvalue weighted by Crippen LogP contribution is 2.32. The van der Waals surface area contributed by atoms with E-state index < -0.39 is 0 Å². The Balaban J connectivity index is 1.70. The molecule has 2 nitrogen and oxygen atoms in total. The highest BCUT2D eigenvalue weighted by atomic mass is 79.9. The molecule has 0 spiro atoms. The summed E-state index contributed by atoms with van der Waals surface area (Å²) in [5.41, 5.74) is 1.22. The Kier molecular flexibility index (Phi) is 4.29. The Labute approximate surface area is 132 Å². The first-order valence-corrected chi connectivity index (χ1v) is 7.83. The van der Waals surface area contributed by atoms with Gasteiger partial charge in [-0.3, -0.25) is 0 Å². The van der Waals surface area contributed by atoms with Crippen molar-refractivity contribution in [2.45, 2.75) is 25.4 Å². The Morgan fingerprint density at radius 3 is 2.80 bits per heavy atom. The largest absolute Gasteiger partial charge is 0.456 e. The van der Waals surface area contributed by atoms with E-state index in [2.05, 4.69) is 27.3 Å². The van der Waals surface area contributed by atoms with Crippen LogP contribution in [-0.4, -0.2) is 6.04 Å². The average molecular weight is 353 g/mol. The van der Waals surface area contributed by atoms with E-state index in [1.165, 1.54) is 18.4 Å². The van der Waals surface area contributed by atoms with Gasteiger partial charge in [-0.15, -0.1) is 0 Å². The predicted molar refractivity (Wildman–Crippen MR) is 85.5 cm³/mol. The smallest absolute Gasteiger partial charge is 0.146 e. The molecular formula is C16H15BrClNO. The van der Waals surface area contributed by atoms with Crippen LogP contribution in [0.15, 0.2) is 46.9 Å². The highest BCUT2D eigenvalue weighted by Gasteiger charge is 2.19. The van der Waals surface area contributed by atoms with Crippen LogP contribution in [0.1, 0.15) is 18.4 Å². The number of nitrogens with one attached hydrogen (secondary N) is 1. The highest BCUT2D eigenvalue weighted by molar-refractivity contribution is 9.10. The standard InChI is InChI=1S/C16H15BrClNO/c17-12-4-7-16(15(18)9-12)20-14-3-1-2-11(8-14)10-19-13-5-6-13/h1-4,7-9,13,19H,5-6,10H2. The fraction of sp³-hybridized carbons (Fsp3) is 0.250. The van der Waals surface area contributed by atoms with Gasteiger partial charge in [0.05, 0.1) is 5.02 Å². The van der Waals surface area contributed by atoms with Crippen molar-refractivity contribution in [1.29, 1.82) is 0 Å². The van der Waals surface area contributed by atoms with E-state index in [1.807, 2.05) is 36.4 Å². The minimum atomic E-state index is 0.598. The molecule has 104 valence electrons. The van der Waals surface area contributed by atoms with Crippen molar-refractivity contribution < 1.29 is 4.74 Å². The van der Waals surface area contributed by atoms with Gasteiger partial charge in [0.15, 0.2) is 0 Å². The molecule has 0 heterocycles. The van der Waals surface area contributed by atoms with Crippen LogP contribution in [-0.2, 0) is 6.54 Å². The molecule has 0 unspecified atom stereocenters. The van der Waals surface area contributed by atoms with Gasteiger partial charge >= 0.3 is 0 Å². The van der Waals surface area contributed by atoms with Crippen LogP contribution in [0.25, 0.3) is 0 Å². The maximum atomic E-state index is 6.16. The second kappa shape index (κ2) is 6.17. The van der Waals surface area contributed by atoms with Crippen molar-refractivity contribution in [3.8, 4) is 11.5 Å². The Bertz CT molecular complexity index is 613. The SMILES string of the molecule is Clc1cc(Br)ccc1Oc1cccc(CNC2CC2)c1. The van der Waals surface area contributed by atoms with Gasteiger partial charge in [-0.05, 0) is 48.7 Å². The number of benzene rings is 2. The van der Waals surface area contributed by atoms with E-state index in [1.54, 1.807) is 0 Å². The second-order valence-corrected chi connectivity index (χ2v) is 6.30. The number of halogens is 2. The number of hydrogen-bond donors (Lipinski definition) is 1. The first-order valence-electron chi connectivity index (χ1n) is 6.66. The summed E-state index contributed by atoms with van der Waals surface area (Å²) in [5.74, 6) is 1.48. The first kappa shape index (κ1) is 13.9. The molecular weight excluding hydrogens is 338 g/mol. The van der Waals surface area contributed by atoms with Crippen LogP contribution in [0, 0.1) is 0 Å². The van der Waals surface area contributed by atoms with Gasteiger partial charge in [-0.25, -0.2) is 0 Å². The van der Waals surface area contributed by atoms with Crippen LogP contribution in [0.3, 0.4) is 0 Å². The van der Waals surface area contributed by atoms with Crippen molar-refractivity contribution in [2.75, 3.05) is 0 Å². The molecule has 2 aromatic carbocycles. The second-order valence-electron chi connectivity index (χ2n) is 4.98. The summed E-state index contributed by atoms with van der Waals surface area (Å²) in [6.07, 6.45) is 2.59. The molecule has 0 saturated heterocycles. The third-order valence-corrected chi connectivity index (χ3v) is 3.98. The van der Waals surface area contributed by atoms with Gasteiger partial charge in [0.2, 0.25) is 0 Å². The van der Waals surface area contributed by atoms with Crippen LogP contribution in [0.4, 0.5) is 0 Å². The zero-order valence-corrected chi connectivity index (χ0v) is 13.2. The van der Waals surface area contributed by atoms with Crippen molar-refractivity contribution in [3.05, 3.63) is 57.5 Å². The van der Waals surface area contributed by atoms with Crippen LogP contribution >= 0.6 is 27.5 Å². The minimum absolute atomic E-state index is 0.598. The summed E-state index contributed by atoms with van der Waals surface area (Å²) < 4.78 is 6.79. The lowest BCUT2D eigenvalue weighted by Crippen LogP contribution is -2.15.